The van der Waals surface area contributed by atoms with E-state index in [1.54, 1.807) is 0 Å². The van der Waals surface area contributed by atoms with Gasteiger partial charge in [-0.1, -0.05) is 17.8 Å². The van der Waals surface area contributed by atoms with E-state index >= 15 is 0 Å². The first kappa shape index (κ1) is 14.9. The molecule has 0 spiro atoms. The molecule has 1 aromatic heterocycles. The third kappa shape index (κ3) is 4.26. The molecule has 1 aliphatic heterocycles. The molecule has 1 aromatic rings. The van der Waals surface area contributed by atoms with Crippen LogP contribution in [0.5, 0.6) is 0 Å². The molecule has 0 atom stereocenters. The van der Waals surface area contributed by atoms with E-state index in [1.165, 1.54) is 11.3 Å². The molecule has 1 aliphatic rings. The van der Waals surface area contributed by atoms with Crippen LogP contribution in [0.3, 0.4) is 0 Å². The zero-order valence-corrected chi connectivity index (χ0v) is 12.5. The van der Waals surface area contributed by atoms with E-state index in [0.29, 0.717) is 24.5 Å². The van der Waals surface area contributed by atoms with E-state index in [2.05, 4.69) is 15.5 Å². The van der Waals surface area contributed by atoms with E-state index in [1.807, 2.05) is 11.8 Å². The normalized spacial score (nSPS) is 16.1. The highest BCUT2D eigenvalue weighted by Crippen LogP contribution is 2.11. The number of carbonyl (C=O) groups is 2. The number of aromatic nitrogens is 2. The predicted octanol–water partition coefficient (Wildman–Crippen LogP) is 1.37. The number of nitrogens with zero attached hydrogens (tertiary/aromatic N) is 3. The largest absolute Gasteiger partial charge is 0.350 e. The Kier molecular flexibility index (Phi) is 5.46. The number of carbonyl (C=O) groups excluding carboxylic acids is 2. The quantitative estimate of drug-likeness (QED) is 0.833. The molecule has 1 fully saturated rings. The van der Waals surface area contributed by atoms with Crippen molar-refractivity contribution in [3.63, 3.8) is 0 Å². The number of amides is 2. The first-order valence-electron chi connectivity index (χ1n) is 7.03. The molecule has 0 bridgehead atoms. The molecular weight excluding hydrogens is 276 g/mol. The third-order valence-electron chi connectivity index (χ3n) is 3.28. The Morgan fingerprint density at radius 3 is 2.95 bits per heavy atom. The zero-order chi connectivity index (χ0) is 14.4. The molecule has 7 heteroatoms. The second kappa shape index (κ2) is 7.33. The fourth-order valence-electron chi connectivity index (χ4n) is 2.21. The summed E-state index contributed by atoms with van der Waals surface area (Å²) in [6, 6.07) is 0. The van der Waals surface area contributed by atoms with E-state index < -0.39 is 0 Å². The van der Waals surface area contributed by atoms with E-state index in [0.717, 1.165) is 37.2 Å². The number of aryl methyl sites for hydroxylation is 1. The van der Waals surface area contributed by atoms with Crippen molar-refractivity contribution >= 4 is 23.2 Å². The van der Waals surface area contributed by atoms with Crippen LogP contribution in [0.4, 0.5) is 0 Å². The number of nitrogens with one attached hydrogen (secondary N) is 1. The molecule has 2 rings (SSSR count). The van der Waals surface area contributed by atoms with Gasteiger partial charge in [-0.15, -0.1) is 10.2 Å². The number of hydrogen-bond acceptors (Lipinski definition) is 5. The molecule has 0 saturated carbocycles. The van der Waals surface area contributed by atoms with Gasteiger partial charge in [-0.25, -0.2) is 0 Å². The summed E-state index contributed by atoms with van der Waals surface area (Å²) in [4.78, 5) is 25.4. The topological polar surface area (TPSA) is 75.2 Å². The average Bonchev–Trinajstić information content (AvgIpc) is 2.76. The van der Waals surface area contributed by atoms with Gasteiger partial charge in [0.15, 0.2) is 0 Å². The number of likely N-dealkylation sites (tertiary alicyclic amines) is 1. The Labute approximate surface area is 122 Å². The van der Waals surface area contributed by atoms with E-state index in [-0.39, 0.29) is 11.8 Å². The predicted molar refractivity (Wildman–Crippen MR) is 76.6 cm³/mol. The van der Waals surface area contributed by atoms with E-state index in [9.17, 15) is 9.59 Å². The summed E-state index contributed by atoms with van der Waals surface area (Å²) in [5, 5.41) is 11.6. The van der Waals surface area contributed by atoms with Crippen LogP contribution >= 0.6 is 11.3 Å². The van der Waals surface area contributed by atoms with Crippen LogP contribution in [-0.2, 0) is 4.79 Å². The minimum atomic E-state index is -0.183. The molecular formula is C13H20N4O2S. The van der Waals surface area contributed by atoms with Crippen LogP contribution < -0.4 is 5.32 Å². The SMILES string of the molecule is Cc1nnc(C(=O)NCCCN2CCCCCC2=O)s1. The molecule has 0 unspecified atom stereocenters. The maximum Gasteiger partial charge on any atom is 0.282 e. The van der Waals surface area contributed by atoms with Crippen LogP contribution in [0.1, 0.15) is 46.9 Å². The summed E-state index contributed by atoms with van der Waals surface area (Å²) < 4.78 is 0. The van der Waals surface area contributed by atoms with Crippen molar-refractivity contribution in [2.75, 3.05) is 19.6 Å². The number of hydrogen-bond donors (Lipinski definition) is 1. The van der Waals surface area contributed by atoms with Crippen molar-refractivity contribution in [2.24, 2.45) is 0 Å². The van der Waals surface area contributed by atoms with Crippen molar-refractivity contribution in [3.05, 3.63) is 10.0 Å². The molecule has 0 aliphatic carbocycles. The van der Waals surface area contributed by atoms with Crippen molar-refractivity contribution in [2.45, 2.75) is 39.0 Å². The summed E-state index contributed by atoms with van der Waals surface area (Å²) in [6.07, 6.45) is 4.66. The number of rotatable bonds is 5. The summed E-state index contributed by atoms with van der Waals surface area (Å²) in [7, 11) is 0. The summed E-state index contributed by atoms with van der Waals surface area (Å²) in [6.45, 7) is 3.94. The van der Waals surface area contributed by atoms with Crippen LogP contribution in [0.15, 0.2) is 0 Å². The Balaban J connectivity index is 1.68. The average molecular weight is 296 g/mol. The first-order chi connectivity index (χ1) is 9.66. The Morgan fingerprint density at radius 1 is 1.35 bits per heavy atom. The van der Waals surface area contributed by atoms with Gasteiger partial charge in [0.2, 0.25) is 10.9 Å². The standard InChI is InChI=1S/C13H20N4O2S/c1-10-15-16-13(20-10)12(19)14-7-5-9-17-8-4-2-3-6-11(17)18/h2-9H2,1H3,(H,14,19). The lowest BCUT2D eigenvalue weighted by Gasteiger charge is -2.20. The molecule has 2 amide bonds. The van der Waals surface area contributed by atoms with Crippen LogP contribution in [0, 0.1) is 6.92 Å². The molecule has 0 aromatic carbocycles. The first-order valence-corrected chi connectivity index (χ1v) is 7.84. The molecule has 6 nitrogen and oxygen atoms in total. The summed E-state index contributed by atoms with van der Waals surface area (Å²) >= 11 is 1.29. The van der Waals surface area contributed by atoms with Gasteiger partial charge >= 0.3 is 0 Å². The smallest absolute Gasteiger partial charge is 0.282 e. The van der Waals surface area contributed by atoms with Gasteiger partial charge in [0.1, 0.15) is 5.01 Å². The van der Waals surface area contributed by atoms with Crippen molar-refractivity contribution < 1.29 is 9.59 Å². The van der Waals surface area contributed by atoms with Gasteiger partial charge in [-0.3, -0.25) is 9.59 Å². The Morgan fingerprint density at radius 2 is 2.20 bits per heavy atom. The fourth-order valence-corrected chi connectivity index (χ4v) is 2.82. The highest BCUT2D eigenvalue weighted by Gasteiger charge is 2.16. The van der Waals surface area contributed by atoms with Gasteiger partial charge in [0, 0.05) is 26.1 Å². The maximum atomic E-state index is 11.8. The molecule has 2 heterocycles. The minimum absolute atomic E-state index is 0.183. The fraction of sp³-hybridized carbons (Fsp3) is 0.692. The van der Waals surface area contributed by atoms with Gasteiger partial charge in [0.25, 0.3) is 5.91 Å². The monoisotopic (exact) mass is 296 g/mol. The van der Waals surface area contributed by atoms with Crippen molar-refractivity contribution in [1.29, 1.82) is 0 Å². The lowest BCUT2D eigenvalue weighted by Crippen LogP contribution is -2.34. The highest BCUT2D eigenvalue weighted by molar-refractivity contribution is 7.13. The van der Waals surface area contributed by atoms with Gasteiger partial charge in [-0.2, -0.15) is 0 Å². The van der Waals surface area contributed by atoms with Crippen molar-refractivity contribution in [1.82, 2.24) is 20.4 Å². The maximum absolute atomic E-state index is 11.8. The minimum Gasteiger partial charge on any atom is -0.350 e. The molecule has 20 heavy (non-hydrogen) atoms. The van der Waals surface area contributed by atoms with Gasteiger partial charge in [0.05, 0.1) is 0 Å². The zero-order valence-electron chi connectivity index (χ0n) is 11.7. The van der Waals surface area contributed by atoms with Crippen LogP contribution in [-0.4, -0.2) is 46.5 Å². The summed E-state index contributed by atoms with van der Waals surface area (Å²) in [5.41, 5.74) is 0. The van der Waals surface area contributed by atoms with Gasteiger partial charge < -0.3 is 10.2 Å². The Hall–Kier alpha value is -1.50. The molecule has 1 saturated heterocycles. The molecule has 0 radical (unpaired) electrons. The second-order valence-corrected chi connectivity index (χ2v) is 6.11. The third-order valence-corrected chi connectivity index (χ3v) is 4.12. The second-order valence-electron chi connectivity index (χ2n) is 4.93. The van der Waals surface area contributed by atoms with Crippen LogP contribution in [0.2, 0.25) is 0 Å². The lowest BCUT2D eigenvalue weighted by atomic mass is 10.2. The lowest BCUT2D eigenvalue weighted by molar-refractivity contribution is -0.130. The summed E-state index contributed by atoms with van der Waals surface area (Å²) in [5.74, 6) is 0.0615. The Bertz CT molecular complexity index is 475. The van der Waals surface area contributed by atoms with Crippen molar-refractivity contribution in [3.8, 4) is 0 Å². The highest BCUT2D eigenvalue weighted by atomic mass is 32.1. The van der Waals surface area contributed by atoms with E-state index in [4.69, 9.17) is 0 Å². The van der Waals surface area contributed by atoms with Gasteiger partial charge in [-0.05, 0) is 26.2 Å². The molecule has 1 N–H and O–H groups in total. The molecule has 110 valence electrons. The van der Waals surface area contributed by atoms with Crippen LogP contribution in [0.25, 0.3) is 0 Å².